The molecule has 0 N–H and O–H groups in total. The van der Waals surface area contributed by atoms with Gasteiger partial charge in [0.2, 0.25) is 0 Å². The second-order valence-corrected chi connectivity index (χ2v) is 22.4. The quantitative estimate of drug-likeness (QED) is 0.206. The van der Waals surface area contributed by atoms with E-state index in [2.05, 4.69) is 58.9 Å². The molecule has 0 radical (unpaired) electrons. The van der Waals surface area contributed by atoms with Crippen molar-refractivity contribution in [3.05, 3.63) is 29.8 Å². The Morgan fingerprint density at radius 1 is 0.893 bits per heavy atom. The molecule has 0 fully saturated rings. The monoisotopic (exact) mass is 496 g/mol. The van der Waals surface area contributed by atoms with E-state index < -0.39 is 18.4 Å². The summed E-state index contributed by atoms with van der Waals surface area (Å²) in [5, 5.41) is 0. The summed E-state index contributed by atoms with van der Waals surface area (Å²) in [5.41, 5.74) is 1.40. The molecule has 1 aromatic carbocycles. The number of benzene rings is 1. The van der Waals surface area contributed by atoms with Crippen LogP contribution in [0.15, 0.2) is 24.3 Å². The molecule has 2 nitrogen and oxygen atoms in total. The standard InChI is InChI=1S/C13H17O2.3C4H9.Sn/c1-11(14)15-10-9-13(2,3)12-7-5-4-6-8-12;3*1-3-4-2;/h5-8H,9-10H2,1-3H3;3*1,3-4H2,2H3;. The third kappa shape index (κ3) is 8.08. The fraction of sp³-hybridized carbons (Fsp3) is 0.720. The van der Waals surface area contributed by atoms with Crippen LogP contribution in [0.5, 0.6) is 0 Å². The molecule has 0 saturated carbocycles. The number of hydrogen-bond acceptors (Lipinski definition) is 2. The fourth-order valence-corrected chi connectivity index (χ4v) is 20.2. The van der Waals surface area contributed by atoms with Gasteiger partial charge >= 0.3 is 179 Å². The van der Waals surface area contributed by atoms with Crippen LogP contribution in [-0.4, -0.2) is 31.0 Å². The van der Waals surface area contributed by atoms with Crippen molar-refractivity contribution in [2.45, 2.75) is 105 Å². The Bertz CT molecular complexity index is 541. The molecular formula is C25H44O2Sn. The van der Waals surface area contributed by atoms with E-state index in [4.69, 9.17) is 4.74 Å². The third-order valence-electron chi connectivity index (χ3n) is 6.34. The molecule has 0 spiro atoms. The van der Waals surface area contributed by atoms with Gasteiger partial charge in [0.05, 0.1) is 0 Å². The van der Waals surface area contributed by atoms with Crippen molar-refractivity contribution in [2.75, 3.05) is 6.61 Å². The molecule has 28 heavy (non-hydrogen) atoms. The van der Waals surface area contributed by atoms with Gasteiger partial charge < -0.3 is 0 Å². The molecule has 0 aromatic heterocycles. The van der Waals surface area contributed by atoms with Crippen LogP contribution in [-0.2, 0) is 14.9 Å². The first-order chi connectivity index (χ1) is 13.3. The Morgan fingerprint density at radius 3 is 1.75 bits per heavy atom. The van der Waals surface area contributed by atoms with Gasteiger partial charge in [-0.1, -0.05) is 0 Å². The van der Waals surface area contributed by atoms with Crippen LogP contribution >= 0.6 is 0 Å². The van der Waals surface area contributed by atoms with Crippen molar-refractivity contribution < 1.29 is 9.53 Å². The molecule has 0 atom stereocenters. The number of ether oxygens (including phenoxy) is 1. The van der Waals surface area contributed by atoms with Gasteiger partial charge in [0.1, 0.15) is 0 Å². The van der Waals surface area contributed by atoms with Crippen molar-refractivity contribution in [3.8, 4) is 0 Å². The van der Waals surface area contributed by atoms with Crippen molar-refractivity contribution >= 4 is 27.9 Å². The van der Waals surface area contributed by atoms with Gasteiger partial charge in [-0.15, -0.1) is 0 Å². The van der Waals surface area contributed by atoms with Crippen molar-refractivity contribution in [1.29, 1.82) is 0 Å². The van der Waals surface area contributed by atoms with Crippen molar-refractivity contribution in [3.63, 3.8) is 0 Å². The molecule has 0 heterocycles. The zero-order valence-electron chi connectivity index (χ0n) is 19.4. The second-order valence-electron chi connectivity index (χ2n) is 9.14. The van der Waals surface area contributed by atoms with E-state index in [1.165, 1.54) is 64.3 Å². The Labute approximate surface area is 178 Å². The van der Waals surface area contributed by atoms with Crippen molar-refractivity contribution in [1.82, 2.24) is 0 Å². The average Bonchev–Trinajstić information content (AvgIpc) is 2.67. The van der Waals surface area contributed by atoms with Gasteiger partial charge in [0, 0.05) is 0 Å². The summed E-state index contributed by atoms with van der Waals surface area (Å²) in [5.74, 6) is -0.187. The molecule has 0 unspecified atom stereocenters. The molecule has 1 rings (SSSR count). The number of unbranched alkanes of at least 4 members (excludes halogenated alkanes) is 3. The van der Waals surface area contributed by atoms with E-state index in [0.717, 1.165) is 6.42 Å². The number of carbonyl (C=O) groups is 1. The van der Waals surface area contributed by atoms with E-state index in [1.807, 2.05) is 0 Å². The summed E-state index contributed by atoms with van der Waals surface area (Å²) in [6, 6.07) is 9.72. The minimum absolute atomic E-state index is 0.0302. The Balaban J connectivity index is 3.05. The van der Waals surface area contributed by atoms with Gasteiger partial charge in [-0.2, -0.15) is 0 Å². The zero-order chi connectivity index (χ0) is 21.0. The first kappa shape index (κ1) is 25.5. The van der Waals surface area contributed by atoms with Crippen LogP contribution in [0.2, 0.25) is 13.3 Å². The zero-order valence-corrected chi connectivity index (χ0v) is 22.3. The molecule has 1 aromatic rings. The summed E-state index contributed by atoms with van der Waals surface area (Å²) in [4.78, 5) is 11.1. The van der Waals surface area contributed by atoms with Gasteiger partial charge in [-0.25, -0.2) is 0 Å². The normalized spacial score (nSPS) is 12.2. The van der Waals surface area contributed by atoms with E-state index in [9.17, 15) is 4.79 Å². The summed E-state index contributed by atoms with van der Waals surface area (Å²) >= 11 is -2.33. The van der Waals surface area contributed by atoms with Crippen LogP contribution in [0.3, 0.4) is 0 Å². The van der Waals surface area contributed by atoms with E-state index in [-0.39, 0.29) is 11.4 Å². The second kappa shape index (κ2) is 12.9. The molecule has 160 valence electrons. The molecular weight excluding hydrogens is 451 g/mol. The van der Waals surface area contributed by atoms with E-state index >= 15 is 0 Å². The van der Waals surface area contributed by atoms with Crippen LogP contribution in [0.1, 0.15) is 92.1 Å². The summed E-state index contributed by atoms with van der Waals surface area (Å²) in [7, 11) is 0. The maximum atomic E-state index is 11.1. The maximum absolute atomic E-state index is 11.1. The van der Waals surface area contributed by atoms with Crippen LogP contribution in [0.4, 0.5) is 0 Å². The molecule has 0 amide bonds. The molecule has 0 saturated heterocycles. The molecule has 0 aliphatic carbocycles. The molecule has 3 heteroatoms. The summed E-state index contributed by atoms with van der Waals surface area (Å²) < 4.78 is 11.5. The van der Waals surface area contributed by atoms with Gasteiger partial charge in [-0.05, 0) is 0 Å². The topological polar surface area (TPSA) is 26.3 Å². The van der Waals surface area contributed by atoms with Gasteiger partial charge in [-0.3, -0.25) is 0 Å². The van der Waals surface area contributed by atoms with Crippen LogP contribution in [0.25, 0.3) is 0 Å². The fourth-order valence-electron chi connectivity index (χ4n) is 4.22. The first-order valence-corrected chi connectivity index (χ1v) is 19.0. The Hall–Kier alpha value is -0.511. The van der Waals surface area contributed by atoms with Crippen LogP contribution in [0, 0.1) is 0 Å². The SMILES string of the molecule is CCC[CH2][Sn]([CH2]CCC)([CH2]CCC)[c]1ccc(C(C)(C)CCOC(C)=O)cc1. The third-order valence-corrected chi connectivity index (χ3v) is 22.0. The van der Waals surface area contributed by atoms with E-state index in [0.29, 0.717) is 6.61 Å². The van der Waals surface area contributed by atoms with Gasteiger partial charge in [0.25, 0.3) is 0 Å². The number of rotatable bonds is 14. The first-order valence-electron chi connectivity index (χ1n) is 11.6. The minimum atomic E-state index is -2.33. The molecule has 0 aliphatic heterocycles. The average molecular weight is 495 g/mol. The summed E-state index contributed by atoms with van der Waals surface area (Å²) in [6.45, 7) is 13.5. The van der Waals surface area contributed by atoms with Gasteiger partial charge in [0.15, 0.2) is 0 Å². The van der Waals surface area contributed by atoms with Crippen LogP contribution < -0.4 is 3.58 Å². The predicted octanol–water partition coefficient (Wildman–Crippen LogP) is 6.97. The molecule has 0 bridgehead atoms. The number of carbonyl (C=O) groups excluding carboxylic acids is 1. The number of hydrogen-bond donors (Lipinski definition) is 0. The number of esters is 1. The Kier molecular flexibility index (Phi) is 11.8. The molecule has 0 aliphatic rings. The summed E-state index contributed by atoms with van der Waals surface area (Å²) in [6.07, 6.45) is 9.02. The predicted molar refractivity (Wildman–Crippen MR) is 125 cm³/mol. The van der Waals surface area contributed by atoms with E-state index in [1.54, 1.807) is 3.58 Å². The Morgan fingerprint density at radius 2 is 1.36 bits per heavy atom. The van der Waals surface area contributed by atoms with Crippen molar-refractivity contribution in [2.24, 2.45) is 0 Å².